The van der Waals surface area contributed by atoms with E-state index in [4.69, 9.17) is 4.74 Å². The summed E-state index contributed by atoms with van der Waals surface area (Å²) >= 11 is 0. The summed E-state index contributed by atoms with van der Waals surface area (Å²) in [5.74, 6) is 0. The third-order valence-electron chi connectivity index (χ3n) is 1.30. The summed E-state index contributed by atoms with van der Waals surface area (Å²) in [5.41, 5.74) is 1.18. The normalized spacial score (nSPS) is 10.6. The van der Waals surface area contributed by atoms with Gasteiger partial charge in [0.2, 0.25) is 0 Å². The molecule has 0 aliphatic heterocycles. The summed E-state index contributed by atoms with van der Waals surface area (Å²) in [7, 11) is 1.63. The lowest BCUT2D eigenvalue weighted by Gasteiger charge is -1.90. The second-order valence-corrected chi connectivity index (χ2v) is 2.14. The SMILES string of the molecule is CO[CH]C=Cc1ccccc1. The molecule has 0 fully saturated rings. The van der Waals surface area contributed by atoms with Crippen LogP contribution in [0.15, 0.2) is 36.4 Å². The number of benzene rings is 1. The molecule has 0 atom stereocenters. The third kappa shape index (κ3) is 3.01. The maximum absolute atomic E-state index is 4.75. The van der Waals surface area contributed by atoms with Crippen LogP contribution in [-0.4, -0.2) is 7.11 Å². The summed E-state index contributed by atoms with van der Waals surface area (Å²) in [6.45, 7) is 1.65. The Bertz CT molecular complexity index is 214. The lowest BCUT2D eigenvalue weighted by Crippen LogP contribution is -1.72. The first-order valence-corrected chi connectivity index (χ1v) is 3.51. The highest BCUT2D eigenvalue weighted by molar-refractivity contribution is 5.49. The first-order valence-electron chi connectivity index (χ1n) is 3.51. The fourth-order valence-electron chi connectivity index (χ4n) is 0.793. The lowest BCUT2D eigenvalue weighted by molar-refractivity contribution is 0.297. The standard InChI is InChI=1S/C10H11O/c1-11-9-5-8-10-6-3-2-4-7-10/h2-9H,1H3. The molecule has 0 heterocycles. The van der Waals surface area contributed by atoms with E-state index in [0.717, 1.165) is 0 Å². The van der Waals surface area contributed by atoms with Gasteiger partial charge < -0.3 is 4.74 Å². The Morgan fingerprint density at radius 1 is 1.18 bits per heavy atom. The largest absolute Gasteiger partial charge is 0.374 e. The van der Waals surface area contributed by atoms with E-state index in [2.05, 4.69) is 0 Å². The highest BCUT2D eigenvalue weighted by Gasteiger charge is 1.80. The fraction of sp³-hybridized carbons (Fsp3) is 0.100. The van der Waals surface area contributed by atoms with Crippen LogP contribution < -0.4 is 0 Å². The smallest absolute Gasteiger partial charge is 0.105 e. The summed E-state index contributed by atoms with van der Waals surface area (Å²) in [6, 6.07) is 10.1. The first-order chi connectivity index (χ1) is 5.43. The van der Waals surface area contributed by atoms with Gasteiger partial charge in [-0.05, 0) is 5.56 Å². The molecule has 57 valence electrons. The predicted molar refractivity (Wildman–Crippen MR) is 46.8 cm³/mol. The highest BCUT2D eigenvalue weighted by Crippen LogP contribution is 2.00. The van der Waals surface area contributed by atoms with Crippen molar-refractivity contribution in [2.45, 2.75) is 0 Å². The Morgan fingerprint density at radius 2 is 1.91 bits per heavy atom. The van der Waals surface area contributed by atoms with E-state index < -0.39 is 0 Å². The van der Waals surface area contributed by atoms with Crippen molar-refractivity contribution in [3.05, 3.63) is 48.6 Å². The molecule has 1 radical (unpaired) electrons. The second kappa shape index (κ2) is 4.69. The average molecular weight is 147 g/mol. The van der Waals surface area contributed by atoms with Crippen molar-refractivity contribution in [3.8, 4) is 0 Å². The summed E-state index contributed by atoms with van der Waals surface area (Å²) in [6.07, 6.45) is 3.86. The molecule has 0 aliphatic carbocycles. The van der Waals surface area contributed by atoms with Crippen LogP contribution in [0.5, 0.6) is 0 Å². The number of hydrogen-bond acceptors (Lipinski definition) is 1. The minimum Gasteiger partial charge on any atom is -0.374 e. The zero-order valence-electron chi connectivity index (χ0n) is 6.53. The van der Waals surface area contributed by atoms with Gasteiger partial charge in [-0.2, -0.15) is 0 Å². The van der Waals surface area contributed by atoms with Crippen LogP contribution in [0.1, 0.15) is 5.56 Å². The number of ether oxygens (including phenoxy) is 1. The molecule has 0 spiro atoms. The Hall–Kier alpha value is -1.08. The van der Waals surface area contributed by atoms with Gasteiger partial charge in [-0.1, -0.05) is 42.5 Å². The van der Waals surface area contributed by atoms with Crippen molar-refractivity contribution in [1.29, 1.82) is 0 Å². The van der Waals surface area contributed by atoms with E-state index in [1.54, 1.807) is 13.7 Å². The molecule has 1 aromatic rings. The predicted octanol–water partition coefficient (Wildman–Crippen LogP) is 2.51. The molecule has 0 saturated heterocycles. The maximum Gasteiger partial charge on any atom is 0.105 e. The van der Waals surface area contributed by atoms with Gasteiger partial charge >= 0.3 is 0 Å². The minimum atomic E-state index is 1.18. The van der Waals surface area contributed by atoms with Crippen molar-refractivity contribution < 1.29 is 4.74 Å². The molecular weight excluding hydrogens is 136 g/mol. The van der Waals surface area contributed by atoms with Gasteiger partial charge in [0.25, 0.3) is 0 Å². The van der Waals surface area contributed by atoms with Crippen molar-refractivity contribution >= 4 is 6.08 Å². The summed E-state index contributed by atoms with van der Waals surface area (Å²) in [4.78, 5) is 0. The van der Waals surface area contributed by atoms with E-state index >= 15 is 0 Å². The van der Waals surface area contributed by atoms with Gasteiger partial charge in [0.05, 0.1) is 0 Å². The fourth-order valence-corrected chi connectivity index (χ4v) is 0.793. The number of rotatable bonds is 3. The van der Waals surface area contributed by atoms with Gasteiger partial charge in [0, 0.05) is 7.11 Å². The topological polar surface area (TPSA) is 9.23 Å². The minimum absolute atomic E-state index is 1.18. The Morgan fingerprint density at radius 3 is 2.55 bits per heavy atom. The molecule has 0 amide bonds. The molecule has 0 aromatic heterocycles. The zero-order chi connectivity index (χ0) is 7.94. The molecule has 0 N–H and O–H groups in total. The summed E-state index contributed by atoms with van der Waals surface area (Å²) < 4.78 is 4.75. The first kappa shape index (κ1) is 8.02. The van der Waals surface area contributed by atoms with Crippen LogP contribution in [0.2, 0.25) is 0 Å². The number of methoxy groups -OCH3 is 1. The van der Waals surface area contributed by atoms with E-state index in [1.807, 2.05) is 42.5 Å². The maximum atomic E-state index is 4.75. The van der Waals surface area contributed by atoms with Gasteiger partial charge in [-0.3, -0.25) is 0 Å². The van der Waals surface area contributed by atoms with Crippen LogP contribution in [0.25, 0.3) is 6.08 Å². The van der Waals surface area contributed by atoms with Crippen LogP contribution in [0.4, 0.5) is 0 Å². The second-order valence-electron chi connectivity index (χ2n) is 2.14. The molecule has 0 saturated carbocycles. The van der Waals surface area contributed by atoms with E-state index in [1.165, 1.54) is 5.56 Å². The van der Waals surface area contributed by atoms with E-state index in [-0.39, 0.29) is 0 Å². The van der Waals surface area contributed by atoms with Crippen LogP contribution >= 0.6 is 0 Å². The highest BCUT2D eigenvalue weighted by atomic mass is 16.5. The molecule has 11 heavy (non-hydrogen) atoms. The summed E-state index contributed by atoms with van der Waals surface area (Å²) in [5, 5.41) is 0. The zero-order valence-corrected chi connectivity index (χ0v) is 6.53. The Labute approximate surface area is 67.3 Å². The van der Waals surface area contributed by atoms with Crippen LogP contribution in [0, 0.1) is 6.61 Å². The van der Waals surface area contributed by atoms with E-state index in [0.29, 0.717) is 0 Å². The van der Waals surface area contributed by atoms with Gasteiger partial charge in [-0.25, -0.2) is 0 Å². The molecule has 0 bridgehead atoms. The molecule has 1 rings (SSSR count). The Kier molecular flexibility index (Phi) is 3.42. The monoisotopic (exact) mass is 147 g/mol. The van der Waals surface area contributed by atoms with Crippen molar-refractivity contribution in [1.82, 2.24) is 0 Å². The van der Waals surface area contributed by atoms with Crippen molar-refractivity contribution in [2.24, 2.45) is 0 Å². The molecule has 1 aromatic carbocycles. The molecule has 1 nitrogen and oxygen atoms in total. The van der Waals surface area contributed by atoms with Crippen LogP contribution in [0.3, 0.4) is 0 Å². The third-order valence-corrected chi connectivity index (χ3v) is 1.30. The average Bonchev–Trinajstić information content (AvgIpc) is 2.07. The Balaban J connectivity index is 2.50. The number of hydrogen-bond donors (Lipinski definition) is 0. The van der Waals surface area contributed by atoms with Crippen molar-refractivity contribution in [3.63, 3.8) is 0 Å². The van der Waals surface area contributed by atoms with Gasteiger partial charge in [0.1, 0.15) is 6.61 Å². The van der Waals surface area contributed by atoms with Crippen molar-refractivity contribution in [2.75, 3.05) is 7.11 Å². The molecule has 0 unspecified atom stereocenters. The lowest BCUT2D eigenvalue weighted by atomic mass is 10.2. The molecule has 1 heteroatoms. The molecular formula is C10H11O. The van der Waals surface area contributed by atoms with Gasteiger partial charge in [0.15, 0.2) is 0 Å². The quantitative estimate of drug-likeness (QED) is 0.638. The van der Waals surface area contributed by atoms with E-state index in [9.17, 15) is 0 Å². The molecule has 0 aliphatic rings. The van der Waals surface area contributed by atoms with Gasteiger partial charge in [-0.15, -0.1) is 0 Å². The van der Waals surface area contributed by atoms with Crippen LogP contribution in [-0.2, 0) is 4.74 Å².